The molecule has 0 aliphatic carbocycles. The van der Waals surface area contributed by atoms with Crippen LogP contribution >= 0.6 is 0 Å². The van der Waals surface area contributed by atoms with Crippen molar-refractivity contribution in [1.29, 1.82) is 5.41 Å². The SMILES string of the molecule is CNC1CCN(c2cnc(N)c(C=N)c2)CC1. The summed E-state index contributed by atoms with van der Waals surface area (Å²) in [7, 11) is 2.01. The molecule has 4 N–H and O–H groups in total. The summed E-state index contributed by atoms with van der Waals surface area (Å²) in [4.78, 5) is 6.43. The second kappa shape index (κ2) is 5.14. The van der Waals surface area contributed by atoms with E-state index >= 15 is 0 Å². The van der Waals surface area contributed by atoms with Crippen LogP contribution in [0.4, 0.5) is 11.5 Å². The van der Waals surface area contributed by atoms with Crippen molar-refractivity contribution in [2.45, 2.75) is 18.9 Å². The van der Waals surface area contributed by atoms with Gasteiger partial charge in [0, 0.05) is 30.9 Å². The van der Waals surface area contributed by atoms with Crippen molar-refractivity contribution in [3.05, 3.63) is 17.8 Å². The van der Waals surface area contributed by atoms with Gasteiger partial charge in [-0.25, -0.2) is 4.98 Å². The van der Waals surface area contributed by atoms with Crippen LogP contribution in [0.1, 0.15) is 18.4 Å². The van der Waals surface area contributed by atoms with Crippen molar-refractivity contribution in [3.8, 4) is 0 Å². The number of pyridine rings is 1. The minimum atomic E-state index is 0.425. The maximum Gasteiger partial charge on any atom is 0.132 e. The topological polar surface area (TPSA) is 78.0 Å². The monoisotopic (exact) mass is 233 g/mol. The molecule has 1 aromatic rings. The number of nitrogens with zero attached hydrogens (tertiary/aromatic N) is 2. The first-order valence-electron chi connectivity index (χ1n) is 5.93. The molecule has 0 bridgehead atoms. The van der Waals surface area contributed by atoms with Gasteiger partial charge in [0.2, 0.25) is 0 Å². The molecule has 2 rings (SSSR count). The fourth-order valence-corrected chi connectivity index (χ4v) is 2.20. The van der Waals surface area contributed by atoms with Crippen molar-refractivity contribution in [2.75, 3.05) is 30.8 Å². The predicted octanol–water partition coefficient (Wildman–Crippen LogP) is 0.850. The van der Waals surface area contributed by atoms with Gasteiger partial charge in [0.05, 0.1) is 11.9 Å². The Morgan fingerprint density at radius 1 is 1.53 bits per heavy atom. The van der Waals surface area contributed by atoms with Crippen LogP contribution < -0.4 is 16.0 Å². The molecule has 1 aliphatic rings. The summed E-state index contributed by atoms with van der Waals surface area (Å²) in [6, 6.07) is 2.56. The standard InChI is InChI=1S/C12H19N5/c1-15-10-2-4-17(5-3-10)11-6-9(7-13)12(14)16-8-11/h6-8,10,13,15H,2-5H2,1H3,(H2,14,16). The molecule has 0 atom stereocenters. The number of hydrogen-bond acceptors (Lipinski definition) is 5. The summed E-state index contributed by atoms with van der Waals surface area (Å²) >= 11 is 0. The van der Waals surface area contributed by atoms with E-state index in [0.29, 0.717) is 17.4 Å². The largest absolute Gasteiger partial charge is 0.383 e. The van der Waals surface area contributed by atoms with Crippen LogP contribution in [0.5, 0.6) is 0 Å². The highest BCUT2D eigenvalue weighted by Crippen LogP contribution is 2.21. The maximum absolute atomic E-state index is 7.28. The van der Waals surface area contributed by atoms with Crippen LogP contribution in [-0.4, -0.2) is 37.4 Å². The maximum atomic E-state index is 7.28. The zero-order chi connectivity index (χ0) is 12.3. The Kier molecular flexibility index (Phi) is 3.58. The van der Waals surface area contributed by atoms with Gasteiger partial charge in [-0.15, -0.1) is 0 Å². The van der Waals surface area contributed by atoms with E-state index < -0.39 is 0 Å². The van der Waals surface area contributed by atoms with Gasteiger partial charge in [-0.2, -0.15) is 0 Å². The third-order valence-corrected chi connectivity index (χ3v) is 3.36. The van der Waals surface area contributed by atoms with E-state index in [1.807, 2.05) is 13.1 Å². The first-order chi connectivity index (χ1) is 8.24. The number of piperidine rings is 1. The number of nitrogens with one attached hydrogen (secondary N) is 2. The van der Waals surface area contributed by atoms with Crippen molar-refractivity contribution in [1.82, 2.24) is 10.3 Å². The lowest BCUT2D eigenvalue weighted by Crippen LogP contribution is -2.41. The average molecular weight is 233 g/mol. The number of anilines is 2. The Balaban J connectivity index is 2.10. The molecule has 5 heteroatoms. The molecule has 1 aliphatic heterocycles. The van der Waals surface area contributed by atoms with Gasteiger partial charge in [-0.3, -0.25) is 0 Å². The Hall–Kier alpha value is -1.62. The average Bonchev–Trinajstić information content (AvgIpc) is 2.39. The van der Waals surface area contributed by atoms with Crippen LogP contribution in [0.15, 0.2) is 12.3 Å². The Morgan fingerprint density at radius 2 is 2.24 bits per heavy atom. The second-order valence-electron chi connectivity index (χ2n) is 4.36. The lowest BCUT2D eigenvalue weighted by Gasteiger charge is -2.33. The van der Waals surface area contributed by atoms with E-state index in [2.05, 4.69) is 15.2 Å². The van der Waals surface area contributed by atoms with Crippen LogP contribution in [0.25, 0.3) is 0 Å². The minimum Gasteiger partial charge on any atom is -0.383 e. The van der Waals surface area contributed by atoms with Gasteiger partial charge >= 0.3 is 0 Å². The smallest absolute Gasteiger partial charge is 0.132 e. The molecule has 1 saturated heterocycles. The molecule has 0 amide bonds. The summed E-state index contributed by atoms with van der Waals surface area (Å²) in [5, 5.41) is 10.6. The third kappa shape index (κ3) is 2.55. The molecule has 5 nitrogen and oxygen atoms in total. The summed E-state index contributed by atoms with van der Waals surface area (Å²) in [6.45, 7) is 2.04. The molecule has 0 spiro atoms. The summed E-state index contributed by atoms with van der Waals surface area (Å²) in [5.41, 5.74) is 7.44. The molecular formula is C12H19N5. The van der Waals surface area contributed by atoms with Crippen molar-refractivity contribution in [2.24, 2.45) is 0 Å². The molecule has 0 unspecified atom stereocenters. The van der Waals surface area contributed by atoms with E-state index in [9.17, 15) is 0 Å². The Bertz CT molecular complexity index is 396. The fourth-order valence-electron chi connectivity index (χ4n) is 2.20. The highest BCUT2D eigenvalue weighted by Gasteiger charge is 2.18. The lowest BCUT2D eigenvalue weighted by atomic mass is 10.0. The van der Waals surface area contributed by atoms with Crippen molar-refractivity contribution in [3.63, 3.8) is 0 Å². The quantitative estimate of drug-likeness (QED) is 0.676. The highest BCUT2D eigenvalue weighted by molar-refractivity contribution is 5.85. The molecule has 2 heterocycles. The normalized spacial score (nSPS) is 17.1. The van der Waals surface area contributed by atoms with Gasteiger partial charge < -0.3 is 21.4 Å². The van der Waals surface area contributed by atoms with E-state index in [4.69, 9.17) is 11.1 Å². The molecule has 17 heavy (non-hydrogen) atoms. The van der Waals surface area contributed by atoms with E-state index in [1.165, 1.54) is 6.21 Å². The Labute approximate surface area is 102 Å². The van der Waals surface area contributed by atoms with E-state index in [0.717, 1.165) is 31.6 Å². The van der Waals surface area contributed by atoms with Gasteiger partial charge in [0.15, 0.2) is 0 Å². The Morgan fingerprint density at radius 3 is 2.82 bits per heavy atom. The zero-order valence-electron chi connectivity index (χ0n) is 10.1. The van der Waals surface area contributed by atoms with Gasteiger partial charge in [0.1, 0.15) is 5.82 Å². The van der Waals surface area contributed by atoms with Gasteiger partial charge in [-0.05, 0) is 26.0 Å². The molecule has 0 aromatic carbocycles. The summed E-state index contributed by atoms with van der Waals surface area (Å²) in [5.74, 6) is 0.425. The molecular weight excluding hydrogens is 214 g/mol. The highest BCUT2D eigenvalue weighted by atomic mass is 15.2. The number of hydrogen-bond donors (Lipinski definition) is 3. The summed E-state index contributed by atoms with van der Waals surface area (Å²) in [6.07, 6.45) is 5.33. The summed E-state index contributed by atoms with van der Waals surface area (Å²) < 4.78 is 0. The van der Waals surface area contributed by atoms with Crippen molar-refractivity contribution >= 4 is 17.7 Å². The predicted molar refractivity (Wildman–Crippen MR) is 70.8 cm³/mol. The van der Waals surface area contributed by atoms with Crippen LogP contribution in [0, 0.1) is 5.41 Å². The lowest BCUT2D eigenvalue weighted by molar-refractivity contribution is 0.442. The molecule has 0 radical (unpaired) electrons. The van der Waals surface area contributed by atoms with Gasteiger partial charge in [0.25, 0.3) is 0 Å². The first-order valence-corrected chi connectivity index (χ1v) is 5.93. The molecule has 1 fully saturated rings. The van der Waals surface area contributed by atoms with Crippen LogP contribution in [0.3, 0.4) is 0 Å². The number of nitrogen functional groups attached to an aromatic ring is 1. The zero-order valence-corrected chi connectivity index (χ0v) is 10.1. The number of rotatable bonds is 3. The second-order valence-corrected chi connectivity index (χ2v) is 4.36. The number of aromatic nitrogens is 1. The molecule has 92 valence electrons. The number of nitrogens with two attached hydrogens (primary N) is 1. The third-order valence-electron chi connectivity index (χ3n) is 3.36. The molecule has 0 saturated carbocycles. The van der Waals surface area contributed by atoms with Gasteiger partial charge in [-0.1, -0.05) is 0 Å². The van der Waals surface area contributed by atoms with Crippen LogP contribution in [-0.2, 0) is 0 Å². The van der Waals surface area contributed by atoms with E-state index in [-0.39, 0.29) is 0 Å². The van der Waals surface area contributed by atoms with Crippen LogP contribution in [0.2, 0.25) is 0 Å². The van der Waals surface area contributed by atoms with Crippen molar-refractivity contribution < 1.29 is 0 Å². The first kappa shape index (κ1) is 11.9. The van der Waals surface area contributed by atoms with E-state index in [1.54, 1.807) is 6.20 Å². The fraction of sp³-hybridized carbons (Fsp3) is 0.500. The molecule has 1 aromatic heterocycles. The minimum absolute atomic E-state index is 0.425.